The van der Waals surface area contributed by atoms with Gasteiger partial charge < -0.3 is 4.57 Å². The predicted molar refractivity (Wildman–Crippen MR) is 108 cm³/mol. The summed E-state index contributed by atoms with van der Waals surface area (Å²) in [7, 11) is 0. The molecular formula is C22H17N5O. The Bertz CT molecular complexity index is 1350. The Kier molecular flexibility index (Phi) is 3.76. The fraction of sp³-hybridized carbons (Fsp3) is 0.0909. The van der Waals surface area contributed by atoms with Crippen LogP contribution in [0, 0.1) is 6.92 Å². The van der Waals surface area contributed by atoms with Crippen LogP contribution in [0.1, 0.15) is 11.1 Å². The molecule has 0 amide bonds. The molecule has 3 heterocycles. The van der Waals surface area contributed by atoms with Crippen molar-refractivity contribution in [2.75, 3.05) is 0 Å². The molecule has 0 bridgehead atoms. The third-order valence-electron chi connectivity index (χ3n) is 4.89. The molecular weight excluding hydrogens is 350 g/mol. The summed E-state index contributed by atoms with van der Waals surface area (Å²) in [4.78, 5) is 12.9. The first-order valence-corrected chi connectivity index (χ1v) is 9.05. The molecule has 0 aliphatic heterocycles. The molecule has 0 N–H and O–H groups in total. The zero-order valence-electron chi connectivity index (χ0n) is 15.3. The monoisotopic (exact) mass is 367 g/mol. The second-order valence-corrected chi connectivity index (χ2v) is 6.83. The summed E-state index contributed by atoms with van der Waals surface area (Å²) in [6, 6.07) is 19.9. The maximum absolute atomic E-state index is 12.9. The van der Waals surface area contributed by atoms with Gasteiger partial charge in [0.15, 0.2) is 11.2 Å². The van der Waals surface area contributed by atoms with Gasteiger partial charge in [-0.3, -0.25) is 4.79 Å². The summed E-state index contributed by atoms with van der Waals surface area (Å²) in [6.45, 7) is 2.53. The Labute approximate surface area is 160 Å². The van der Waals surface area contributed by atoms with E-state index < -0.39 is 0 Å². The molecule has 2 aromatic carbocycles. The molecule has 0 aliphatic carbocycles. The number of hydrogen-bond acceptors (Lipinski definition) is 4. The van der Waals surface area contributed by atoms with E-state index in [4.69, 9.17) is 0 Å². The minimum absolute atomic E-state index is 0.177. The second-order valence-electron chi connectivity index (χ2n) is 6.83. The predicted octanol–water partition coefficient (Wildman–Crippen LogP) is 3.46. The molecule has 0 saturated heterocycles. The van der Waals surface area contributed by atoms with Gasteiger partial charge in [-0.05, 0) is 24.1 Å². The smallest absolute Gasteiger partial charge is 0.280 e. The number of benzene rings is 2. The molecule has 3 aromatic heterocycles. The molecule has 0 fully saturated rings. The van der Waals surface area contributed by atoms with E-state index in [-0.39, 0.29) is 5.56 Å². The molecule has 0 unspecified atom stereocenters. The van der Waals surface area contributed by atoms with E-state index in [9.17, 15) is 4.79 Å². The van der Waals surface area contributed by atoms with Gasteiger partial charge in [0, 0.05) is 11.8 Å². The highest BCUT2D eigenvalue weighted by molar-refractivity contribution is 5.82. The third-order valence-corrected chi connectivity index (χ3v) is 4.89. The Hall–Kier alpha value is -3.80. The first-order valence-electron chi connectivity index (χ1n) is 9.05. The molecule has 0 spiro atoms. The highest BCUT2D eigenvalue weighted by Gasteiger charge is 2.14. The van der Waals surface area contributed by atoms with Crippen LogP contribution in [0.4, 0.5) is 0 Å². The van der Waals surface area contributed by atoms with Gasteiger partial charge in [0.1, 0.15) is 5.52 Å². The zero-order chi connectivity index (χ0) is 19.1. The number of rotatable bonds is 3. The molecule has 136 valence electrons. The van der Waals surface area contributed by atoms with Crippen LogP contribution in [-0.2, 0) is 6.54 Å². The summed E-state index contributed by atoms with van der Waals surface area (Å²) in [6.07, 6.45) is 3.55. The van der Waals surface area contributed by atoms with E-state index in [2.05, 4.69) is 15.3 Å². The van der Waals surface area contributed by atoms with Crippen molar-refractivity contribution < 1.29 is 0 Å². The molecule has 6 heteroatoms. The Morgan fingerprint density at radius 1 is 0.929 bits per heavy atom. The van der Waals surface area contributed by atoms with Crippen LogP contribution in [-0.4, -0.2) is 24.4 Å². The highest BCUT2D eigenvalue weighted by atomic mass is 16.1. The normalized spacial score (nSPS) is 11.3. The van der Waals surface area contributed by atoms with Crippen LogP contribution in [0.25, 0.3) is 27.8 Å². The molecule has 28 heavy (non-hydrogen) atoms. The quantitative estimate of drug-likeness (QED) is 0.490. The molecule has 5 aromatic rings. The lowest BCUT2D eigenvalue weighted by Crippen LogP contribution is -2.22. The molecule has 6 nitrogen and oxygen atoms in total. The number of aryl methyl sites for hydroxylation is 1. The largest absolute Gasteiger partial charge is 0.309 e. The first kappa shape index (κ1) is 16.4. The number of hydrogen-bond donors (Lipinski definition) is 0. The van der Waals surface area contributed by atoms with Gasteiger partial charge in [0.05, 0.1) is 12.7 Å². The Morgan fingerprint density at radius 3 is 2.50 bits per heavy atom. The Morgan fingerprint density at radius 2 is 1.71 bits per heavy atom. The van der Waals surface area contributed by atoms with Gasteiger partial charge >= 0.3 is 0 Å². The van der Waals surface area contributed by atoms with E-state index in [1.165, 1.54) is 5.56 Å². The van der Waals surface area contributed by atoms with Gasteiger partial charge in [-0.15, -0.1) is 10.2 Å². The zero-order valence-corrected chi connectivity index (χ0v) is 15.3. The maximum Gasteiger partial charge on any atom is 0.280 e. The van der Waals surface area contributed by atoms with E-state index >= 15 is 0 Å². The lowest BCUT2D eigenvalue weighted by Gasteiger charge is -2.08. The number of aromatic nitrogens is 5. The van der Waals surface area contributed by atoms with Crippen molar-refractivity contribution >= 4 is 16.7 Å². The minimum atomic E-state index is -0.177. The van der Waals surface area contributed by atoms with Crippen molar-refractivity contribution in [3.05, 3.63) is 94.5 Å². The average Bonchev–Trinajstić information content (AvgIpc) is 3.17. The standard InChI is InChI=1S/C22H17N5O/c1-15-7-9-16(10-8-15)14-26-12-11-19-20(22(26)28)24-25-21-18(13-23-27(19)21)17-5-3-2-4-6-17/h2-13H,14H2,1H3. The summed E-state index contributed by atoms with van der Waals surface area (Å²) in [5.41, 5.74) is 5.57. The number of nitrogens with zero attached hydrogens (tertiary/aromatic N) is 5. The third kappa shape index (κ3) is 2.66. The molecule has 0 aliphatic rings. The summed E-state index contributed by atoms with van der Waals surface area (Å²) >= 11 is 0. The van der Waals surface area contributed by atoms with Crippen molar-refractivity contribution in [1.29, 1.82) is 0 Å². The van der Waals surface area contributed by atoms with Crippen molar-refractivity contribution in [3.8, 4) is 11.1 Å². The van der Waals surface area contributed by atoms with Crippen LogP contribution in [0.15, 0.2) is 77.9 Å². The number of fused-ring (bicyclic) bond motifs is 3. The van der Waals surface area contributed by atoms with Crippen molar-refractivity contribution in [3.63, 3.8) is 0 Å². The van der Waals surface area contributed by atoms with Crippen molar-refractivity contribution in [1.82, 2.24) is 24.4 Å². The van der Waals surface area contributed by atoms with Crippen LogP contribution in [0.5, 0.6) is 0 Å². The molecule has 0 atom stereocenters. The fourth-order valence-corrected chi connectivity index (χ4v) is 3.37. The first-order chi connectivity index (χ1) is 13.7. The van der Waals surface area contributed by atoms with E-state index in [0.29, 0.717) is 23.2 Å². The Balaban J connectivity index is 1.63. The summed E-state index contributed by atoms with van der Waals surface area (Å²) in [5.74, 6) is 0. The number of pyridine rings is 1. The molecule has 0 radical (unpaired) electrons. The van der Waals surface area contributed by atoms with Crippen molar-refractivity contribution in [2.24, 2.45) is 0 Å². The van der Waals surface area contributed by atoms with Crippen molar-refractivity contribution in [2.45, 2.75) is 13.5 Å². The van der Waals surface area contributed by atoms with Crippen LogP contribution < -0.4 is 5.56 Å². The molecule has 0 saturated carbocycles. The van der Waals surface area contributed by atoms with Gasteiger partial charge in [-0.2, -0.15) is 5.10 Å². The highest BCUT2D eigenvalue weighted by Crippen LogP contribution is 2.23. The van der Waals surface area contributed by atoms with Crippen LogP contribution >= 0.6 is 0 Å². The fourth-order valence-electron chi connectivity index (χ4n) is 3.37. The van der Waals surface area contributed by atoms with E-state index in [0.717, 1.165) is 16.7 Å². The molecule has 5 rings (SSSR count). The van der Waals surface area contributed by atoms with E-state index in [1.807, 2.05) is 67.6 Å². The maximum atomic E-state index is 12.9. The lowest BCUT2D eigenvalue weighted by atomic mass is 10.1. The minimum Gasteiger partial charge on any atom is -0.309 e. The second kappa shape index (κ2) is 6.42. The van der Waals surface area contributed by atoms with Crippen LogP contribution in [0.2, 0.25) is 0 Å². The topological polar surface area (TPSA) is 65.1 Å². The summed E-state index contributed by atoms with van der Waals surface area (Å²) < 4.78 is 3.33. The van der Waals surface area contributed by atoms with Gasteiger partial charge in [-0.1, -0.05) is 60.2 Å². The van der Waals surface area contributed by atoms with Gasteiger partial charge in [-0.25, -0.2) is 4.52 Å². The van der Waals surface area contributed by atoms with Gasteiger partial charge in [0.2, 0.25) is 0 Å². The van der Waals surface area contributed by atoms with Gasteiger partial charge in [0.25, 0.3) is 5.56 Å². The summed E-state index contributed by atoms with van der Waals surface area (Å²) in [5, 5.41) is 13.0. The average molecular weight is 367 g/mol. The SMILES string of the molecule is Cc1ccc(Cn2ccc3c(nnc4c(-c5ccccc5)cnn43)c2=O)cc1. The van der Waals surface area contributed by atoms with Crippen LogP contribution in [0.3, 0.4) is 0 Å². The van der Waals surface area contributed by atoms with E-state index in [1.54, 1.807) is 21.5 Å². The lowest BCUT2D eigenvalue weighted by molar-refractivity contribution is 0.760.